The molecule has 3 rings (SSSR count). The van der Waals surface area contributed by atoms with Gasteiger partial charge in [0, 0.05) is 12.2 Å². The molecule has 0 aromatic heterocycles. The molecule has 21 heavy (non-hydrogen) atoms. The van der Waals surface area contributed by atoms with Crippen LogP contribution < -0.4 is 10.6 Å². The van der Waals surface area contributed by atoms with E-state index in [-0.39, 0.29) is 11.8 Å². The Balaban J connectivity index is 1.74. The van der Waals surface area contributed by atoms with Crippen LogP contribution in [0.1, 0.15) is 31.8 Å². The summed E-state index contributed by atoms with van der Waals surface area (Å²) in [5.74, 6) is -0.717. The molecule has 0 atom stereocenters. The fraction of sp³-hybridized carbons (Fsp3) is 0.0625. The van der Waals surface area contributed by atoms with Crippen molar-refractivity contribution in [1.82, 2.24) is 5.32 Å². The fourth-order valence-electron chi connectivity index (χ4n) is 2.18. The van der Waals surface area contributed by atoms with E-state index >= 15 is 0 Å². The van der Waals surface area contributed by atoms with Gasteiger partial charge in [-0.25, -0.2) is 0 Å². The van der Waals surface area contributed by atoms with E-state index in [0.29, 0.717) is 23.2 Å². The lowest BCUT2D eigenvalue weighted by Crippen LogP contribution is -2.19. The second-order valence-electron chi connectivity index (χ2n) is 4.71. The van der Waals surface area contributed by atoms with Gasteiger partial charge in [0.1, 0.15) is 0 Å². The van der Waals surface area contributed by atoms with Crippen LogP contribution in [0, 0.1) is 11.3 Å². The zero-order valence-corrected chi connectivity index (χ0v) is 11.0. The van der Waals surface area contributed by atoms with Crippen LogP contribution in [0.25, 0.3) is 0 Å². The Kier molecular flexibility index (Phi) is 3.13. The minimum Gasteiger partial charge on any atom is -0.381 e. The van der Waals surface area contributed by atoms with Gasteiger partial charge in [0.15, 0.2) is 0 Å². The Morgan fingerprint density at radius 2 is 1.71 bits per heavy atom. The maximum atomic E-state index is 11.6. The third-order valence-corrected chi connectivity index (χ3v) is 3.32. The van der Waals surface area contributed by atoms with Crippen molar-refractivity contribution in [2.75, 3.05) is 5.32 Å². The van der Waals surface area contributed by atoms with Gasteiger partial charge >= 0.3 is 0 Å². The molecule has 102 valence electrons. The number of nitrogens with one attached hydrogen (secondary N) is 2. The molecule has 2 aromatic rings. The average molecular weight is 277 g/mol. The number of imide groups is 1. The van der Waals surface area contributed by atoms with Gasteiger partial charge in [0.2, 0.25) is 0 Å². The van der Waals surface area contributed by atoms with Gasteiger partial charge in [-0.3, -0.25) is 14.9 Å². The third kappa shape index (κ3) is 2.47. The van der Waals surface area contributed by atoms with Crippen LogP contribution in [0.2, 0.25) is 0 Å². The average Bonchev–Trinajstić information content (AvgIpc) is 2.80. The van der Waals surface area contributed by atoms with E-state index in [1.165, 1.54) is 0 Å². The predicted octanol–water partition coefficient (Wildman–Crippen LogP) is 2.05. The molecule has 2 aromatic carbocycles. The van der Waals surface area contributed by atoms with Gasteiger partial charge in [-0.15, -0.1) is 0 Å². The number of nitrogens with zero attached hydrogens (tertiary/aromatic N) is 1. The summed E-state index contributed by atoms with van der Waals surface area (Å²) in [6.45, 7) is 0.570. The summed E-state index contributed by atoms with van der Waals surface area (Å²) < 4.78 is 0. The number of hydrogen-bond donors (Lipinski definition) is 2. The van der Waals surface area contributed by atoms with Crippen molar-refractivity contribution in [3.8, 4) is 6.07 Å². The van der Waals surface area contributed by atoms with Crippen molar-refractivity contribution in [2.45, 2.75) is 6.54 Å². The monoisotopic (exact) mass is 277 g/mol. The lowest BCUT2D eigenvalue weighted by atomic mass is 10.1. The highest BCUT2D eigenvalue weighted by Crippen LogP contribution is 2.20. The summed E-state index contributed by atoms with van der Waals surface area (Å²) in [5.41, 5.74) is 3.21. The lowest BCUT2D eigenvalue weighted by Gasteiger charge is -2.07. The summed E-state index contributed by atoms with van der Waals surface area (Å²) in [7, 11) is 0. The first-order chi connectivity index (χ1) is 10.2. The van der Waals surface area contributed by atoms with E-state index in [0.717, 1.165) is 11.3 Å². The molecule has 1 heterocycles. The fourth-order valence-corrected chi connectivity index (χ4v) is 2.18. The Bertz CT molecular complexity index is 773. The second kappa shape index (κ2) is 5.10. The number of fused-ring (bicyclic) bond motifs is 1. The van der Waals surface area contributed by atoms with Gasteiger partial charge in [-0.05, 0) is 35.9 Å². The standard InChI is InChI=1S/C16H11N3O2/c17-8-10-1-3-11(4-2-10)9-18-12-5-6-13-14(7-12)16(21)19-15(13)20/h1-7,18H,9H2,(H,19,20,21). The van der Waals surface area contributed by atoms with E-state index < -0.39 is 0 Å². The van der Waals surface area contributed by atoms with Crippen molar-refractivity contribution in [1.29, 1.82) is 5.26 Å². The Labute approximate surface area is 121 Å². The van der Waals surface area contributed by atoms with Crippen LogP contribution in [-0.2, 0) is 6.54 Å². The quantitative estimate of drug-likeness (QED) is 0.841. The Hall–Kier alpha value is -3.13. The first kappa shape index (κ1) is 12.9. The highest BCUT2D eigenvalue weighted by molar-refractivity contribution is 6.21. The van der Waals surface area contributed by atoms with Crippen molar-refractivity contribution in [3.05, 3.63) is 64.7 Å². The van der Waals surface area contributed by atoms with Gasteiger partial charge < -0.3 is 5.32 Å². The summed E-state index contributed by atoms with van der Waals surface area (Å²) >= 11 is 0. The van der Waals surface area contributed by atoms with Gasteiger partial charge in [0.05, 0.1) is 22.8 Å². The molecule has 0 spiro atoms. The number of carbonyl (C=O) groups excluding carboxylic acids is 2. The van der Waals surface area contributed by atoms with Gasteiger partial charge in [-0.1, -0.05) is 12.1 Å². The van der Waals surface area contributed by atoms with E-state index in [1.54, 1.807) is 30.3 Å². The number of hydrogen-bond acceptors (Lipinski definition) is 4. The molecule has 5 heteroatoms. The maximum absolute atomic E-state index is 11.6. The zero-order chi connectivity index (χ0) is 14.8. The summed E-state index contributed by atoms with van der Waals surface area (Å²) in [4.78, 5) is 23.0. The van der Waals surface area contributed by atoms with Gasteiger partial charge in [-0.2, -0.15) is 5.26 Å². The zero-order valence-electron chi connectivity index (χ0n) is 11.0. The highest BCUT2D eigenvalue weighted by atomic mass is 16.2. The van der Waals surface area contributed by atoms with Gasteiger partial charge in [0.25, 0.3) is 11.8 Å². The number of carbonyl (C=O) groups is 2. The number of nitriles is 1. The number of benzene rings is 2. The molecule has 0 saturated heterocycles. The smallest absolute Gasteiger partial charge is 0.259 e. The molecular formula is C16H11N3O2. The van der Waals surface area contributed by atoms with Crippen LogP contribution in [0.15, 0.2) is 42.5 Å². The Morgan fingerprint density at radius 3 is 2.43 bits per heavy atom. The second-order valence-corrected chi connectivity index (χ2v) is 4.71. The molecule has 0 bridgehead atoms. The van der Waals surface area contributed by atoms with Crippen molar-refractivity contribution >= 4 is 17.5 Å². The minimum absolute atomic E-state index is 0.353. The normalized spacial score (nSPS) is 12.5. The van der Waals surface area contributed by atoms with Crippen LogP contribution in [0.3, 0.4) is 0 Å². The van der Waals surface area contributed by atoms with Crippen molar-refractivity contribution in [2.24, 2.45) is 0 Å². The first-order valence-electron chi connectivity index (χ1n) is 6.40. The minimum atomic E-state index is -0.364. The molecule has 0 saturated carbocycles. The molecule has 0 fully saturated rings. The molecule has 0 unspecified atom stereocenters. The summed E-state index contributed by atoms with van der Waals surface area (Å²) in [6, 6.07) is 14.4. The van der Waals surface area contributed by atoms with E-state index in [1.807, 2.05) is 12.1 Å². The molecule has 2 amide bonds. The summed E-state index contributed by atoms with van der Waals surface area (Å²) in [6.07, 6.45) is 0. The number of anilines is 1. The van der Waals surface area contributed by atoms with E-state index in [2.05, 4.69) is 16.7 Å². The molecule has 1 aliphatic rings. The van der Waals surface area contributed by atoms with Crippen molar-refractivity contribution < 1.29 is 9.59 Å². The Morgan fingerprint density at radius 1 is 1.00 bits per heavy atom. The highest BCUT2D eigenvalue weighted by Gasteiger charge is 2.26. The largest absolute Gasteiger partial charge is 0.381 e. The van der Waals surface area contributed by atoms with Crippen molar-refractivity contribution in [3.63, 3.8) is 0 Å². The number of amides is 2. The molecule has 0 aliphatic carbocycles. The molecule has 2 N–H and O–H groups in total. The molecule has 1 aliphatic heterocycles. The SMILES string of the molecule is N#Cc1ccc(CNc2ccc3c(c2)C(=O)NC3=O)cc1. The predicted molar refractivity (Wildman–Crippen MR) is 76.7 cm³/mol. The topological polar surface area (TPSA) is 82.0 Å². The van der Waals surface area contributed by atoms with Crippen LogP contribution in [-0.4, -0.2) is 11.8 Å². The van der Waals surface area contributed by atoms with E-state index in [9.17, 15) is 9.59 Å². The lowest BCUT2D eigenvalue weighted by molar-refractivity contribution is 0.0879. The summed E-state index contributed by atoms with van der Waals surface area (Å²) in [5, 5.41) is 14.2. The molecule has 0 radical (unpaired) electrons. The number of rotatable bonds is 3. The van der Waals surface area contributed by atoms with Crippen LogP contribution in [0.4, 0.5) is 5.69 Å². The maximum Gasteiger partial charge on any atom is 0.259 e. The van der Waals surface area contributed by atoms with E-state index in [4.69, 9.17) is 5.26 Å². The third-order valence-electron chi connectivity index (χ3n) is 3.32. The van der Waals surface area contributed by atoms with Crippen LogP contribution >= 0.6 is 0 Å². The molecular weight excluding hydrogens is 266 g/mol. The first-order valence-corrected chi connectivity index (χ1v) is 6.40. The van der Waals surface area contributed by atoms with Crippen LogP contribution in [0.5, 0.6) is 0 Å². The molecule has 5 nitrogen and oxygen atoms in total.